The van der Waals surface area contributed by atoms with E-state index in [9.17, 15) is 28.8 Å². The molecule has 4 aliphatic rings. The van der Waals surface area contributed by atoms with Gasteiger partial charge in [-0.05, 0) is 48.3 Å². The van der Waals surface area contributed by atoms with E-state index in [2.05, 4.69) is 35.9 Å². The van der Waals surface area contributed by atoms with Crippen LogP contribution in [0.5, 0.6) is 0 Å². The summed E-state index contributed by atoms with van der Waals surface area (Å²) in [5, 5.41) is 18.1. The molecule has 0 bridgehead atoms. The molecule has 204 valence electrons. The van der Waals surface area contributed by atoms with Gasteiger partial charge < -0.3 is 25.6 Å². The summed E-state index contributed by atoms with van der Waals surface area (Å²) in [5.41, 5.74) is -0.972. The molecule has 0 aromatic rings. The highest BCUT2D eigenvalue weighted by Crippen LogP contribution is 2.65. The van der Waals surface area contributed by atoms with Gasteiger partial charge in [0.2, 0.25) is 17.7 Å². The number of hydrogen-bond acceptors (Lipinski definition) is 6. The number of alkyl carbamates (subject to hydrolysis) is 1. The first kappa shape index (κ1) is 27.1. The molecule has 2 aliphatic heterocycles. The number of nitrogens with one attached hydrogen (secondary N) is 3. The maximum Gasteiger partial charge on any atom is 0.407 e. The summed E-state index contributed by atoms with van der Waals surface area (Å²) >= 11 is 0. The molecule has 2 aliphatic carbocycles. The second-order valence-electron chi connectivity index (χ2n) is 12.8. The van der Waals surface area contributed by atoms with E-state index in [1.54, 1.807) is 20.8 Å². The van der Waals surface area contributed by atoms with Crippen molar-refractivity contribution in [2.45, 2.75) is 84.0 Å². The largest absolute Gasteiger partial charge is 0.447 e. The first-order valence-electron chi connectivity index (χ1n) is 13.1. The fourth-order valence-electron chi connectivity index (χ4n) is 6.25. The number of alkyl halides is 1. The predicted molar refractivity (Wildman–Crippen MR) is 130 cm³/mol. The van der Waals surface area contributed by atoms with Gasteiger partial charge in [0.05, 0.1) is 6.07 Å². The Morgan fingerprint density at radius 1 is 1.27 bits per heavy atom. The van der Waals surface area contributed by atoms with E-state index in [1.165, 1.54) is 4.90 Å². The van der Waals surface area contributed by atoms with Crippen molar-refractivity contribution >= 4 is 23.8 Å². The van der Waals surface area contributed by atoms with Crippen molar-refractivity contribution in [2.24, 2.45) is 28.6 Å². The average Bonchev–Trinajstić information content (AvgIpc) is 3.53. The van der Waals surface area contributed by atoms with Gasteiger partial charge in [0.15, 0.2) is 0 Å². The first-order chi connectivity index (χ1) is 17.2. The smallest absolute Gasteiger partial charge is 0.407 e. The van der Waals surface area contributed by atoms with Crippen LogP contribution in [0.15, 0.2) is 0 Å². The van der Waals surface area contributed by atoms with Gasteiger partial charge in [-0.2, -0.15) is 5.26 Å². The van der Waals surface area contributed by atoms with Crippen molar-refractivity contribution < 1.29 is 28.3 Å². The van der Waals surface area contributed by atoms with Gasteiger partial charge in [-0.15, -0.1) is 0 Å². The number of likely N-dealkylation sites (tertiary alicyclic amines) is 1. The molecule has 37 heavy (non-hydrogen) atoms. The van der Waals surface area contributed by atoms with Crippen LogP contribution in [0, 0.1) is 39.9 Å². The fraction of sp³-hybridized carbons (Fsp3) is 0.808. The standard InChI is InChI=1S/C26H38FN5O5/c1-24(2,3)19(30-23(36)37-9-8-27)22(35)32-13-16-17(25(16,4)5)18(32)21(34)29-15(12-28)10-14-11-26(6-7-26)31-20(14)33/h14-19H,6-11,13H2,1-5H3,(H,29,34)(H,30,36)(H,31,33). The Bertz CT molecular complexity index is 1010. The summed E-state index contributed by atoms with van der Waals surface area (Å²) in [6, 6.07) is -0.544. The molecule has 1 spiro atoms. The number of piperidine rings is 1. The molecule has 0 radical (unpaired) electrons. The van der Waals surface area contributed by atoms with Crippen LogP contribution in [-0.4, -0.2) is 72.2 Å². The number of hydrogen-bond donors (Lipinski definition) is 3. The Kier molecular flexibility index (Phi) is 6.93. The lowest BCUT2D eigenvalue weighted by molar-refractivity contribution is -0.144. The second-order valence-corrected chi connectivity index (χ2v) is 12.8. The van der Waals surface area contributed by atoms with Crippen molar-refractivity contribution in [3.8, 4) is 6.07 Å². The molecular formula is C26H38FN5O5. The van der Waals surface area contributed by atoms with E-state index < -0.39 is 54.7 Å². The first-order valence-corrected chi connectivity index (χ1v) is 13.1. The molecule has 2 saturated carbocycles. The summed E-state index contributed by atoms with van der Waals surface area (Å²) < 4.78 is 17.2. The Morgan fingerprint density at radius 3 is 2.49 bits per heavy atom. The zero-order valence-corrected chi connectivity index (χ0v) is 22.2. The van der Waals surface area contributed by atoms with Gasteiger partial charge >= 0.3 is 6.09 Å². The van der Waals surface area contributed by atoms with E-state index in [4.69, 9.17) is 4.74 Å². The molecule has 0 aromatic carbocycles. The highest BCUT2D eigenvalue weighted by Gasteiger charge is 2.70. The normalized spacial score (nSPS) is 30.0. The van der Waals surface area contributed by atoms with Crippen LogP contribution < -0.4 is 16.0 Å². The highest BCUT2D eigenvalue weighted by molar-refractivity contribution is 5.93. The van der Waals surface area contributed by atoms with Gasteiger partial charge in [0.25, 0.3) is 0 Å². The SMILES string of the molecule is CC(C)(C)C(NC(=O)OCCF)C(=O)N1CC2C(C1C(=O)NC(C#N)CC1CC3(CC3)NC1=O)C2(C)C. The van der Waals surface area contributed by atoms with E-state index in [0.717, 1.165) is 12.8 Å². The minimum atomic E-state index is -1.00. The molecule has 11 heteroatoms. The topological polar surface area (TPSA) is 141 Å². The lowest BCUT2D eigenvalue weighted by atomic mass is 9.85. The number of halogens is 1. The summed E-state index contributed by atoms with van der Waals surface area (Å²) in [4.78, 5) is 53.4. The third-order valence-electron chi connectivity index (χ3n) is 8.69. The Balaban J connectivity index is 1.48. The number of carbonyl (C=O) groups excluding carboxylic acids is 4. The minimum Gasteiger partial charge on any atom is -0.447 e. The van der Waals surface area contributed by atoms with Crippen LogP contribution in [0.25, 0.3) is 0 Å². The van der Waals surface area contributed by atoms with Gasteiger partial charge in [0.1, 0.15) is 31.4 Å². The zero-order valence-electron chi connectivity index (χ0n) is 22.2. The van der Waals surface area contributed by atoms with Gasteiger partial charge in [-0.3, -0.25) is 14.4 Å². The summed E-state index contributed by atoms with van der Waals surface area (Å²) in [6.45, 7) is 8.56. The third kappa shape index (κ3) is 5.25. The van der Waals surface area contributed by atoms with Crippen LogP contribution in [0.1, 0.15) is 60.3 Å². The van der Waals surface area contributed by atoms with Crippen LogP contribution in [0.4, 0.5) is 9.18 Å². The quantitative estimate of drug-likeness (QED) is 0.445. The minimum absolute atomic E-state index is 0.0770. The number of nitriles is 1. The van der Waals surface area contributed by atoms with Crippen molar-refractivity contribution in [3.63, 3.8) is 0 Å². The Morgan fingerprint density at radius 2 is 1.95 bits per heavy atom. The second kappa shape index (κ2) is 9.44. The molecule has 4 rings (SSSR count). The Hall–Kier alpha value is -2.90. The van der Waals surface area contributed by atoms with Crippen molar-refractivity contribution in [1.82, 2.24) is 20.9 Å². The van der Waals surface area contributed by atoms with E-state index in [-0.39, 0.29) is 41.0 Å². The lowest BCUT2D eigenvalue weighted by Gasteiger charge is -2.37. The summed E-state index contributed by atoms with van der Waals surface area (Å²) in [6.07, 6.45) is 1.88. The zero-order chi connectivity index (χ0) is 27.3. The number of fused-ring (bicyclic) bond motifs is 1. The molecule has 6 unspecified atom stereocenters. The van der Waals surface area contributed by atoms with Crippen molar-refractivity contribution in [1.29, 1.82) is 5.26 Å². The van der Waals surface area contributed by atoms with Crippen molar-refractivity contribution in [2.75, 3.05) is 19.8 Å². The summed E-state index contributed by atoms with van der Waals surface area (Å²) in [5.74, 6) is -1.23. The molecule has 3 N–H and O–H groups in total. The van der Waals surface area contributed by atoms with Crippen LogP contribution >= 0.6 is 0 Å². The molecule has 4 amide bonds. The van der Waals surface area contributed by atoms with Gasteiger partial charge in [-0.1, -0.05) is 34.6 Å². The van der Waals surface area contributed by atoms with Crippen LogP contribution in [0.3, 0.4) is 0 Å². The molecule has 2 saturated heterocycles. The fourth-order valence-corrected chi connectivity index (χ4v) is 6.25. The van der Waals surface area contributed by atoms with Crippen molar-refractivity contribution in [3.05, 3.63) is 0 Å². The van der Waals surface area contributed by atoms with E-state index in [1.807, 2.05) is 0 Å². The van der Waals surface area contributed by atoms with Gasteiger partial charge in [-0.25, -0.2) is 9.18 Å². The molecule has 2 heterocycles. The monoisotopic (exact) mass is 519 g/mol. The van der Waals surface area contributed by atoms with E-state index >= 15 is 0 Å². The molecule has 10 nitrogen and oxygen atoms in total. The molecule has 0 aromatic heterocycles. The number of nitrogens with zero attached hydrogens (tertiary/aromatic N) is 2. The average molecular weight is 520 g/mol. The molecule has 4 fully saturated rings. The number of carbonyl (C=O) groups is 4. The van der Waals surface area contributed by atoms with Gasteiger partial charge in [0, 0.05) is 18.0 Å². The predicted octanol–water partition coefficient (Wildman–Crippen LogP) is 1.65. The molecule has 6 atom stereocenters. The number of rotatable bonds is 8. The maximum atomic E-state index is 13.7. The van der Waals surface area contributed by atoms with Crippen LogP contribution in [0.2, 0.25) is 0 Å². The highest BCUT2D eigenvalue weighted by atomic mass is 19.1. The Labute approximate surface area is 217 Å². The molecular weight excluding hydrogens is 481 g/mol. The maximum absolute atomic E-state index is 13.7. The summed E-state index contributed by atoms with van der Waals surface area (Å²) in [7, 11) is 0. The third-order valence-corrected chi connectivity index (χ3v) is 8.69. The number of amides is 4. The lowest BCUT2D eigenvalue weighted by Crippen LogP contribution is -2.59. The van der Waals surface area contributed by atoms with E-state index in [0.29, 0.717) is 13.0 Å². The number of ether oxygens (including phenoxy) is 1. The van der Waals surface area contributed by atoms with Crippen LogP contribution in [-0.2, 0) is 19.1 Å².